The quantitative estimate of drug-likeness (QED) is 0.441. The largest absolute Gasteiger partial charge is 0.492 e. The molecule has 3 fully saturated rings. The van der Waals surface area contributed by atoms with Gasteiger partial charge in [0, 0.05) is 48.3 Å². The molecule has 0 aliphatic carbocycles. The molecular weight excluding hydrogens is 486 g/mol. The molecule has 1 aromatic rings. The third-order valence-electron chi connectivity index (χ3n) is 8.76. The van der Waals surface area contributed by atoms with E-state index in [0.29, 0.717) is 31.2 Å². The molecule has 5 aliphatic heterocycles. The first-order chi connectivity index (χ1) is 18.5. The number of benzene rings is 1. The molecule has 1 unspecified atom stereocenters. The number of nitrogens with zero attached hydrogens (tertiary/aromatic N) is 3. The molecule has 0 bridgehead atoms. The molecule has 202 valence electrons. The molecule has 5 aliphatic rings. The van der Waals surface area contributed by atoms with E-state index in [2.05, 4.69) is 16.3 Å². The molecule has 38 heavy (non-hydrogen) atoms. The summed E-state index contributed by atoms with van der Waals surface area (Å²) in [5, 5.41) is 2.37. The van der Waals surface area contributed by atoms with Gasteiger partial charge in [-0.15, -0.1) is 0 Å². The van der Waals surface area contributed by atoms with Gasteiger partial charge in [-0.3, -0.25) is 29.6 Å². The van der Waals surface area contributed by atoms with Crippen LogP contribution >= 0.6 is 0 Å². The smallest absolute Gasteiger partial charge is 0.255 e. The minimum atomic E-state index is -0.624. The maximum Gasteiger partial charge on any atom is 0.255 e. The summed E-state index contributed by atoms with van der Waals surface area (Å²) in [6.07, 6.45) is 7.91. The highest BCUT2D eigenvalue weighted by Crippen LogP contribution is 2.49. The number of fused-ring (bicyclic) bond motifs is 4. The topological polar surface area (TPSA) is 127 Å². The zero-order valence-corrected chi connectivity index (χ0v) is 21.6. The summed E-state index contributed by atoms with van der Waals surface area (Å²) in [5.74, 6) is -0.0325. The molecular formula is C28H35N5O5. The number of imide groups is 1. The van der Waals surface area contributed by atoms with Gasteiger partial charge in [-0.05, 0) is 63.5 Å². The third kappa shape index (κ3) is 4.49. The normalized spacial score (nSPS) is 26.1. The van der Waals surface area contributed by atoms with Gasteiger partial charge in [0.25, 0.3) is 5.91 Å². The van der Waals surface area contributed by atoms with Crippen molar-refractivity contribution in [2.75, 3.05) is 39.5 Å². The van der Waals surface area contributed by atoms with Gasteiger partial charge in [-0.2, -0.15) is 0 Å². The number of piperidine rings is 2. The van der Waals surface area contributed by atoms with Crippen LogP contribution in [0.1, 0.15) is 60.0 Å². The lowest BCUT2D eigenvalue weighted by Gasteiger charge is -2.38. The lowest BCUT2D eigenvalue weighted by atomic mass is 9.74. The van der Waals surface area contributed by atoms with Crippen molar-refractivity contribution in [3.8, 4) is 5.75 Å². The van der Waals surface area contributed by atoms with Crippen molar-refractivity contribution in [2.24, 2.45) is 10.7 Å². The van der Waals surface area contributed by atoms with Gasteiger partial charge in [0.15, 0.2) is 0 Å². The van der Waals surface area contributed by atoms with E-state index in [0.717, 1.165) is 75.6 Å². The number of rotatable bonds is 5. The number of ether oxygens (including phenoxy) is 2. The Bertz CT molecular complexity index is 1200. The van der Waals surface area contributed by atoms with Gasteiger partial charge in [0.1, 0.15) is 11.8 Å². The molecule has 3 N–H and O–H groups in total. The molecule has 0 aromatic heterocycles. The number of carbonyl (C=O) groups is 3. The number of nitrogens with two attached hydrogens (primary N) is 1. The SMILES string of the molecule is NC=CC(CN1CCC2(CC1)COc1c2ccc2c1CN(C1CCC(=O)NC1=O)C2=O)=NC1CCOCC1. The van der Waals surface area contributed by atoms with Crippen molar-refractivity contribution in [1.29, 1.82) is 0 Å². The fourth-order valence-electron chi connectivity index (χ4n) is 6.56. The van der Waals surface area contributed by atoms with Gasteiger partial charge >= 0.3 is 0 Å². The van der Waals surface area contributed by atoms with E-state index >= 15 is 0 Å². The van der Waals surface area contributed by atoms with Crippen molar-refractivity contribution in [2.45, 2.75) is 62.6 Å². The van der Waals surface area contributed by atoms with E-state index < -0.39 is 11.9 Å². The number of aliphatic imine (C=N–C) groups is 1. The van der Waals surface area contributed by atoms with E-state index in [1.54, 1.807) is 11.1 Å². The van der Waals surface area contributed by atoms with E-state index in [1.807, 2.05) is 12.1 Å². The fraction of sp³-hybridized carbons (Fsp3) is 0.571. The highest BCUT2D eigenvalue weighted by Gasteiger charge is 2.47. The predicted octanol–water partition coefficient (Wildman–Crippen LogP) is 1.27. The summed E-state index contributed by atoms with van der Waals surface area (Å²) in [6, 6.07) is 3.63. The monoisotopic (exact) mass is 521 g/mol. The van der Waals surface area contributed by atoms with Crippen LogP contribution in [0.2, 0.25) is 0 Å². The van der Waals surface area contributed by atoms with E-state index in [9.17, 15) is 14.4 Å². The van der Waals surface area contributed by atoms with Crippen molar-refractivity contribution in [3.63, 3.8) is 0 Å². The highest BCUT2D eigenvalue weighted by molar-refractivity contribution is 6.05. The van der Waals surface area contributed by atoms with E-state index in [-0.39, 0.29) is 23.7 Å². The van der Waals surface area contributed by atoms with Crippen LogP contribution in [0.3, 0.4) is 0 Å². The number of carbonyl (C=O) groups excluding carboxylic acids is 3. The Kier molecular flexibility index (Phi) is 6.69. The molecule has 3 amide bonds. The molecule has 6 rings (SSSR count). The van der Waals surface area contributed by atoms with Gasteiger partial charge in [0.2, 0.25) is 11.8 Å². The zero-order chi connectivity index (χ0) is 26.3. The second-order valence-corrected chi connectivity index (χ2v) is 11.0. The number of hydrogen-bond acceptors (Lipinski definition) is 8. The average Bonchev–Trinajstić information content (AvgIpc) is 3.44. The van der Waals surface area contributed by atoms with E-state index in [4.69, 9.17) is 20.2 Å². The molecule has 10 nitrogen and oxygen atoms in total. The minimum absolute atomic E-state index is 0.0757. The molecule has 0 saturated carbocycles. The Morgan fingerprint density at radius 3 is 2.68 bits per heavy atom. The van der Waals surface area contributed by atoms with Crippen LogP contribution in [-0.4, -0.2) is 84.8 Å². The first-order valence-corrected chi connectivity index (χ1v) is 13.7. The number of nitrogens with one attached hydrogen (secondary N) is 1. The Hall–Kier alpha value is -3.24. The Labute approximate surface area is 222 Å². The van der Waals surface area contributed by atoms with Gasteiger partial charge in [-0.25, -0.2) is 0 Å². The molecule has 1 aromatic carbocycles. The van der Waals surface area contributed by atoms with Gasteiger partial charge < -0.3 is 20.1 Å². The lowest BCUT2D eigenvalue weighted by Crippen LogP contribution is -2.52. The van der Waals surface area contributed by atoms with Crippen LogP contribution in [-0.2, 0) is 26.3 Å². The standard InChI is InChI=1S/C28H35N5O5/c29-10-5-19(30-18-6-13-37-14-7-18)15-32-11-8-28(9-12-32)17-38-25-21-16-33(23-3-4-24(34)31-26(23)35)27(36)20(21)1-2-22(25)28/h1-2,5,10,18,23H,3-4,6-9,11-17,29H2,(H,31,34,35). The van der Waals surface area contributed by atoms with Crippen LogP contribution < -0.4 is 15.8 Å². The number of likely N-dealkylation sites (tertiary alicyclic amines) is 1. The Morgan fingerprint density at radius 1 is 1.16 bits per heavy atom. The predicted molar refractivity (Wildman–Crippen MR) is 140 cm³/mol. The highest BCUT2D eigenvalue weighted by atomic mass is 16.5. The summed E-state index contributed by atoms with van der Waals surface area (Å²) < 4.78 is 11.8. The molecule has 1 spiro atoms. The van der Waals surface area contributed by atoms with Gasteiger partial charge in [-0.1, -0.05) is 6.07 Å². The van der Waals surface area contributed by atoms with Crippen LogP contribution in [0.15, 0.2) is 29.4 Å². The first-order valence-electron chi connectivity index (χ1n) is 13.7. The summed E-state index contributed by atoms with van der Waals surface area (Å²) >= 11 is 0. The fourth-order valence-corrected chi connectivity index (χ4v) is 6.56. The van der Waals surface area contributed by atoms with Crippen LogP contribution in [0.4, 0.5) is 0 Å². The maximum absolute atomic E-state index is 13.2. The number of amides is 3. The van der Waals surface area contributed by atoms with Crippen LogP contribution in [0.25, 0.3) is 0 Å². The molecule has 0 radical (unpaired) electrons. The van der Waals surface area contributed by atoms with Crippen molar-refractivity contribution in [3.05, 3.63) is 41.1 Å². The zero-order valence-electron chi connectivity index (χ0n) is 21.6. The van der Waals surface area contributed by atoms with Crippen LogP contribution in [0.5, 0.6) is 5.75 Å². The second kappa shape index (κ2) is 10.1. The van der Waals surface area contributed by atoms with Crippen molar-refractivity contribution in [1.82, 2.24) is 15.1 Å². The summed E-state index contributed by atoms with van der Waals surface area (Å²) in [4.78, 5) is 46.2. The second-order valence-electron chi connectivity index (χ2n) is 11.0. The maximum atomic E-state index is 13.2. The first kappa shape index (κ1) is 25.1. The summed E-state index contributed by atoms with van der Waals surface area (Å²) in [6.45, 7) is 5.08. The minimum Gasteiger partial charge on any atom is -0.492 e. The third-order valence-corrected chi connectivity index (χ3v) is 8.76. The Morgan fingerprint density at radius 2 is 1.95 bits per heavy atom. The molecule has 10 heteroatoms. The summed E-state index contributed by atoms with van der Waals surface area (Å²) in [5.41, 5.74) is 9.31. The van der Waals surface area contributed by atoms with Crippen molar-refractivity contribution >= 4 is 23.4 Å². The molecule has 1 atom stereocenters. The lowest BCUT2D eigenvalue weighted by molar-refractivity contribution is -0.136. The number of hydrogen-bond donors (Lipinski definition) is 2. The Balaban J connectivity index is 1.15. The van der Waals surface area contributed by atoms with Crippen molar-refractivity contribution < 1.29 is 23.9 Å². The van der Waals surface area contributed by atoms with Crippen LogP contribution in [0, 0.1) is 0 Å². The molecule has 3 saturated heterocycles. The molecule has 5 heterocycles. The summed E-state index contributed by atoms with van der Waals surface area (Å²) in [7, 11) is 0. The average molecular weight is 522 g/mol. The van der Waals surface area contributed by atoms with Gasteiger partial charge in [0.05, 0.1) is 24.9 Å². The van der Waals surface area contributed by atoms with E-state index in [1.165, 1.54) is 5.56 Å².